The van der Waals surface area contributed by atoms with Gasteiger partial charge in [-0.25, -0.2) is 9.36 Å². The van der Waals surface area contributed by atoms with E-state index in [4.69, 9.17) is 32.4 Å². The Balaban J connectivity index is 0.897. The largest absolute Gasteiger partial charge is 0.389 e. The van der Waals surface area contributed by atoms with E-state index in [-0.39, 0.29) is 0 Å². The van der Waals surface area contributed by atoms with Gasteiger partial charge in [0.05, 0.1) is 47.4 Å². The summed E-state index contributed by atoms with van der Waals surface area (Å²) in [7, 11) is 0. The number of nitrogens with two attached hydrogens (primary N) is 4. The number of hydrogen-bond acceptors (Lipinski definition) is 14. The predicted molar refractivity (Wildman–Crippen MR) is 196 cm³/mol. The lowest BCUT2D eigenvalue weighted by atomic mass is 9.85. The van der Waals surface area contributed by atoms with Crippen LogP contribution in [0.4, 0.5) is 0 Å². The van der Waals surface area contributed by atoms with E-state index < -0.39 is 60.8 Å². The van der Waals surface area contributed by atoms with Gasteiger partial charge < -0.3 is 52.8 Å². The molecule has 0 aliphatic heterocycles. The average molecular weight is 735 g/mol. The number of aliphatic hydroxyl groups excluding tert-OH is 4. The van der Waals surface area contributed by atoms with Crippen LogP contribution in [0.3, 0.4) is 0 Å². The van der Waals surface area contributed by atoms with Crippen LogP contribution in [0.2, 0.25) is 0 Å². The highest BCUT2D eigenvalue weighted by Gasteiger charge is 2.42. The molecule has 2 aromatic heterocycles. The molecule has 2 aliphatic rings. The van der Waals surface area contributed by atoms with E-state index in [9.17, 15) is 20.4 Å². The van der Waals surface area contributed by atoms with Crippen LogP contribution in [0, 0.1) is 0 Å². The van der Waals surface area contributed by atoms with Crippen LogP contribution in [0.25, 0.3) is 11.4 Å². The summed E-state index contributed by atoms with van der Waals surface area (Å²) in [6, 6.07) is 14.6. The Morgan fingerprint density at radius 1 is 0.547 bits per heavy atom. The van der Waals surface area contributed by atoms with Crippen molar-refractivity contribution >= 4 is 0 Å². The van der Waals surface area contributed by atoms with Gasteiger partial charge in [0.1, 0.15) is 24.4 Å². The van der Waals surface area contributed by atoms with Gasteiger partial charge in [0.25, 0.3) is 0 Å². The van der Waals surface area contributed by atoms with E-state index in [1.54, 1.807) is 9.36 Å². The quantitative estimate of drug-likeness (QED) is 0.0670. The fraction of sp³-hybridized carbons (Fsp3) is 0.568. The second-order valence-electron chi connectivity index (χ2n) is 14.5. The molecule has 2 aliphatic carbocycles. The van der Waals surface area contributed by atoms with Crippen LogP contribution < -0.4 is 22.9 Å². The van der Waals surface area contributed by atoms with Crippen molar-refractivity contribution in [1.29, 1.82) is 0 Å². The SMILES string of the molecule is N[C@@H]1C[C@H](N)[C@@H](OCCCCc2cn(-c3ccc(Cc4ccc(-n5cc(CCCCO[C@H]6[C@H](O)[C@@H](O)[C@H](N)C[C@@H]6N)nn5)cc4)cc3)nn2)[C@H](O)[C@H]1O. The maximum absolute atomic E-state index is 10.3. The van der Waals surface area contributed by atoms with Crippen LogP contribution in [0.15, 0.2) is 60.9 Å². The van der Waals surface area contributed by atoms with Crippen molar-refractivity contribution in [1.82, 2.24) is 30.0 Å². The van der Waals surface area contributed by atoms with Gasteiger partial charge in [-0.15, -0.1) is 10.2 Å². The third-order valence-electron chi connectivity index (χ3n) is 10.3. The second kappa shape index (κ2) is 18.1. The average Bonchev–Trinajstić information content (AvgIpc) is 3.83. The van der Waals surface area contributed by atoms with Gasteiger partial charge in [-0.1, -0.05) is 34.7 Å². The minimum atomic E-state index is -1.08. The van der Waals surface area contributed by atoms with Crippen LogP contribution >= 0.6 is 0 Å². The molecular weight excluding hydrogens is 680 g/mol. The van der Waals surface area contributed by atoms with Crippen molar-refractivity contribution in [3.63, 3.8) is 0 Å². The first-order valence-electron chi connectivity index (χ1n) is 18.6. The molecule has 16 nitrogen and oxygen atoms in total. The van der Waals surface area contributed by atoms with Crippen LogP contribution in [0.1, 0.15) is 61.0 Å². The zero-order valence-corrected chi connectivity index (χ0v) is 29.9. The number of benzene rings is 2. The Morgan fingerprint density at radius 2 is 0.943 bits per heavy atom. The number of unbranched alkanes of at least 4 members (excludes halogenated alkanes) is 2. The second-order valence-corrected chi connectivity index (χ2v) is 14.5. The molecular formula is C37H54N10O6. The summed E-state index contributed by atoms with van der Waals surface area (Å²) in [4.78, 5) is 0. The number of nitrogens with zero attached hydrogens (tertiary/aromatic N) is 6. The number of aryl methyl sites for hydroxylation is 2. The first kappa shape index (κ1) is 39.0. The van der Waals surface area contributed by atoms with Crippen molar-refractivity contribution in [3.05, 3.63) is 83.4 Å². The van der Waals surface area contributed by atoms with Crippen molar-refractivity contribution in [3.8, 4) is 11.4 Å². The molecule has 0 spiro atoms. The van der Waals surface area contributed by atoms with Gasteiger partial charge in [0, 0.05) is 37.4 Å². The van der Waals surface area contributed by atoms with E-state index in [0.717, 1.165) is 67.7 Å². The number of aromatic nitrogens is 6. The topological polar surface area (TPSA) is 265 Å². The Morgan fingerprint density at radius 3 is 1.34 bits per heavy atom. The molecule has 0 amide bonds. The van der Waals surface area contributed by atoms with Crippen molar-refractivity contribution < 1.29 is 29.9 Å². The van der Waals surface area contributed by atoms with Crippen molar-refractivity contribution in [2.75, 3.05) is 13.2 Å². The van der Waals surface area contributed by atoms with E-state index >= 15 is 0 Å². The molecule has 6 rings (SSSR count). The highest BCUT2D eigenvalue weighted by Crippen LogP contribution is 2.23. The summed E-state index contributed by atoms with van der Waals surface area (Å²) in [5.74, 6) is 0. The van der Waals surface area contributed by atoms with E-state index in [2.05, 4.69) is 44.9 Å². The summed E-state index contributed by atoms with van der Waals surface area (Å²) in [5.41, 5.74) is 29.8. The summed E-state index contributed by atoms with van der Waals surface area (Å²) >= 11 is 0. The highest BCUT2D eigenvalue weighted by atomic mass is 16.5. The van der Waals surface area contributed by atoms with Gasteiger partial charge in [-0.2, -0.15) is 0 Å². The third-order valence-corrected chi connectivity index (χ3v) is 10.3. The Hall–Kier alpha value is -3.68. The monoisotopic (exact) mass is 734 g/mol. The highest BCUT2D eigenvalue weighted by molar-refractivity contribution is 5.39. The molecule has 0 radical (unpaired) electrons. The number of hydrogen-bond donors (Lipinski definition) is 8. The first-order valence-corrected chi connectivity index (χ1v) is 18.6. The summed E-state index contributed by atoms with van der Waals surface area (Å²) in [6.45, 7) is 0.842. The lowest BCUT2D eigenvalue weighted by Gasteiger charge is -2.39. The maximum Gasteiger partial charge on any atom is 0.109 e. The van der Waals surface area contributed by atoms with Gasteiger partial charge in [0.15, 0.2) is 0 Å². The normalized spacial score (nSPS) is 29.1. The fourth-order valence-electron chi connectivity index (χ4n) is 7.12. The Bertz CT molecular complexity index is 1580. The summed E-state index contributed by atoms with van der Waals surface area (Å²) in [6.07, 6.45) is 4.63. The number of rotatable bonds is 16. The zero-order chi connectivity index (χ0) is 37.5. The summed E-state index contributed by atoms with van der Waals surface area (Å²) < 4.78 is 15.2. The van der Waals surface area contributed by atoms with Crippen molar-refractivity contribution in [2.24, 2.45) is 22.9 Å². The van der Waals surface area contributed by atoms with Crippen LogP contribution in [0.5, 0.6) is 0 Å². The van der Waals surface area contributed by atoms with E-state index in [0.29, 0.717) is 26.1 Å². The molecule has 288 valence electrons. The molecule has 2 heterocycles. The van der Waals surface area contributed by atoms with Crippen molar-refractivity contribution in [2.45, 2.75) is 119 Å². The summed E-state index contributed by atoms with van der Waals surface area (Å²) in [5, 5.41) is 57.8. The van der Waals surface area contributed by atoms with Gasteiger partial charge in [-0.05, 0) is 93.2 Å². The van der Waals surface area contributed by atoms with Gasteiger partial charge in [0.2, 0.25) is 0 Å². The molecule has 12 N–H and O–H groups in total. The van der Waals surface area contributed by atoms with Gasteiger partial charge in [-0.3, -0.25) is 0 Å². The molecule has 2 fully saturated rings. The molecule has 2 saturated carbocycles. The minimum absolute atomic E-state index is 0.407. The smallest absolute Gasteiger partial charge is 0.109 e. The molecule has 0 saturated heterocycles. The lowest BCUT2D eigenvalue weighted by Crippen LogP contribution is -2.62. The molecule has 2 aromatic carbocycles. The van der Waals surface area contributed by atoms with Crippen LogP contribution in [-0.4, -0.2) is 124 Å². The predicted octanol–water partition coefficient (Wildman–Crippen LogP) is -0.585. The van der Waals surface area contributed by atoms with E-state index in [1.807, 2.05) is 36.7 Å². The maximum atomic E-state index is 10.3. The molecule has 0 bridgehead atoms. The number of ether oxygens (including phenoxy) is 2. The fourth-order valence-corrected chi connectivity index (χ4v) is 7.12. The minimum Gasteiger partial charge on any atom is -0.389 e. The zero-order valence-electron chi connectivity index (χ0n) is 29.9. The first-order chi connectivity index (χ1) is 25.6. The van der Waals surface area contributed by atoms with Gasteiger partial charge >= 0.3 is 0 Å². The molecule has 10 atom stereocenters. The third kappa shape index (κ3) is 9.90. The molecule has 53 heavy (non-hydrogen) atoms. The van der Waals surface area contributed by atoms with E-state index in [1.165, 1.54) is 11.1 Å². The lowest BCUT2D eigenvalue weighted by molar-refractivity contribution is -0.127. The molecule has 16 heteroatoms. The standard InChI is InChI=1S/C37H54N10O6/c38-28-18-30(40)36(34(50)32(28)48)52-15-3-1-5-24-20-46(44-42-24)26-11-7-22(8-12-26)17-23-9-13-27(14-10-23)47-21-25(43-45-47)6-2-4-16-53-37-31(41)19-29(39)33(49)35(37)51/h7-14,20-21,28-37,48-51H,1-6,15-19,38-41H2/t28-,29-,30+,31+,32+,33+,34-,35-,36-,37-/m1/s1. The molecule has 4 aromatic rings. The number of aliphatic hydroxyl groups is 4. The Labute approximate surface area is 309 Å². The van der Waals surface area contributed by atoms with Crippen LogP contribution in [-0.2, 0) is 28.7 Å². The molecule has 0 unspecified atom stereocenters. The Kier molecular flexibility index (Phi) is 13.3.